The molecule has 11 heteroatoms. The summed E-state index contributed by atoms with van der Waals surface area (Å²) in [5, 5.41) is 12.1. The van der Waals surface area contributed by atoms with Crippen molar-refractivity contribution in [3.05, 3.63) is 95.3 Å². The first-order valence-corrected chi connectivity index (χ1v) is 13.7. The monoisotopic (exact) mass is 551 g/mol. The van der Waals surface area contributed by atoms with Crippen molar-refractivity contribution in [2.24, 2.45) is 0 Å². The van der Waals surface area contributed by atoms with Crippen molar-refractivity contribution in [2.75, 3.05) is 15.8 Å². The zero-order valence-corrected chi connectivity index (χ0v) is 21.8. The van der Waals surface area contributed by atoms with Gasteiger partial charge in [-0.1, -0.05) is 29.8 Å². The highest BCUT2D eigenvalue weighted by atomic mass is 35.5. The van der Waals surface area contributed by atoms with Crippen molar-refractivity contribution in [2.45, 2.75) is 13.5 Å². The maximum absolute atomic E-state index is 13.3. The molecule has 38 heavy (non-hydrogen) atoms. The van der Waals surface area contributed by atoms with Gasteiger partial charge in [0.1, 0.15) is 24.0 Å². The van der Waals surface area contributed by atoms with E-state index in [0.717, 1.165) is 22.0 Å². The first-order valence-electron chi connectivity index (χ1n) is 11.7. The summed E-state index contributed by atoms with van der Waals surface area (Å²) in [6.07, 6.45) is 0. The predicted molar refractivity (Wildman–Crippen MR) is 148 cm³/mol. The van der Waals surface area contributed by atoms with E-state index in [0.29, 0.717) is 33.8 Å². The summed E-state index contributed by atoms with van der Waals surface area (Å²) >= 11 is 6.05. The third kappa shape index (κ3) is 6.04. The largest absolute Gasteiger partial charge is 0.487 e. The number of aromatic nitrogens is 3. The molecule has 5 rings (SSSR count). The third-order valence-electron chi connectivity index (χ3n) is 5.73. The molecule has 0 radical (unpaired) electrons. The van der Waals surface area contributed by atoms with Crippen LogP contribution in [0.5, 0.6) is 5.75 Å². The van der Waals surface area contributed by atoms with E-state index < -0.39 is 10.0 Å². The van der Waals surface area contributed by atoms with Gasteiger partial charge in [-0.3, -0.25) is 9.82 Å². The zero-order valence-electron chi connectivity index (χ0n) is 20.2. The number of aromatic amines is 1. The summed E-state index contributed by atoms with van der Waals surface area (Å²) in [4.78, 5) is 4.59. The third-order valence-corrected chi connectivity index (χ3v) is 7.26. The molecular weight excluding hydrogens is 529 g/mol. The van der Waals surface area contributed by atoms with Crippen LogP contribution in [0.1, 0.15) is 12.5 Å². The van der Waals surface area contributed by atoms with E-state index in [1.807, 2.05) is 30.3 Å². The lowest BCUT2D eigenvalue weighted by Crippen LogP contribution is -2.15. The Balaban J connectivity index is 1.39. The lowest BCUT2D eigenvalue weighted by Gasteiger charge is -2.14. The van der Waals surface area contributed by atoms with E-state index >= 15 is 0 Å². The van der Waals surface area contributed by atoms with Crippen LogP contribution in [0, 0.1) is 5.82 Å². The van der Waals surface area contributed by atoms with E-state index in [4.69, 9.17) is 16.3 Å². The molecule has 5 aromatic rings. The van der Waals surface area contributed by atoms with Crippen molar-refractivity contribution >= 4 is 49.9 Å². The van der Waals surface area contributed by atoms with Crippen LogP contribution in [0.15, 0.2) is 78.9 Å². The van der Waals surface area contributed by atoms with E-state index in [2.05, 4.69) is 25.2 Å². The number of sulfonamides is 1. The smallest absolute Gasteiger partial charge is 0.232 e. The lowest BCUT2D eigenvalue weighted by molar-refractivity contribution is 0.308. The molecule has 0 aliphatic rings. The van der Waals surface area contributed by atoms with Crippen molar-refractivity contribution in [1.82, 2.24) is 15.2 Å². The SMILES string of the molecule is CCS(=O)(=O)Nc1ccc(-c2cc(Nc3ccc4cc(Cl)ccc4n3)n[nH]2)cc1OCc1ccc(F)cc1. The van der Waals surface area contributed by atoms with Crippen LogP contribution in [-0.4, -0.2) is 29.4 Å². The van der Waals surface area contributed by atoms with E-state index in [9.17, 15) is 12.8 Å². The number of H-pyrrole nitrogens is 1. The highest BCUT2D eigenvalue weighted by Crippen LogP contribution is 2.33. The van der Waals surface area contributed by atoms with Crippen molar-refractivity contribution in [1.29, 1.82) is 0 Å². The molecule has 194 valence electrons. The number of hydrogen-bond acceptors (Lipinski definition) is 6. The number of anilines is 3. The molecule has 0 spiro atoms. The van der Waals surface area contributed by atoms with Gasteiger partial charge < -0.3 is 10.1 Å². The maximum atomic E-state index is 13.3. The van der Waals surface area contributed by atoms with Gasteiger partial charge in [-0.15, -0.1) is 0 Å². The summed E-state index contributed by atoms with van der Waals surface area (Å²) in [7, 11) is -3.53. The topological polar surface area (TPSA) is 109 Å². The molecule has 0 saturated heterocycles. The number of hydrogen-bond donors (Lipinski definition) is 3. The Hall–Kier alpha value is -4.15. The Bertz CT molecular complexity index is 1710. The molecule has 8 nitrogen and oxygen atoms in total. The standard InChI is InChI=1S/C27H23ClFN5O3S/c1-2-38(35,36)34-23-10-5-19(14-25(23)37-16-17-3-8-21(29)9-4-17)24-15-27(33-32-24)31-26-12-6-18-13-20(28)7-11-22(18)30-26/h3-15,34H,2,16H2,1H3,(H2,30,31,32,33). The number of pyridine rings is 1. The van der Waals surface area contributed by atoms with E-state index in [1.54, 1.807) is 43.3 Å². The molecule has 0 aliphatic carbocycles. The summed E-state index contributed by atoms with van der Waals surface area (Å²) in [6, 6.07) is 22.1. The average molecular weight is 552 g/mol. The molecule has 3 aromatic carbocycles. The van der Waals surface area contributed by atoms with Crippen molar-refractivity contribution < 1.29 is 17.5 Å². The lowest BCUT2D eigenvalue weighted by atomic mass is 10.1. The molecule has 0 atom stereocenters. The first kappa shape index (κ1) is 25.5. The second-order valence-electron chi connectivity index (χ2n) is 8.46. The van der Waals surface area contributed by atoms with Crippen LogP contribution < -0.4 is 14.8 Å². The van der Waals surface area contributed by atoms with E-state index in [-0.39, 0.29) is 18.2 Å². The van der Waals surface area contributed by atoms with Crippen LogP contribution in [0.3, 0.4) is 0 Å². The number of benzene rings is 3. The Labute approximate surface area is 223 Å². The van der Waals surface area contributed by atoms with Gasteiger partial charge in [0, 0.05) is 22.0 Å². The quantitative estimate of drug-likeness (QED) is 0.193. The fourth-order valence-electron chi connectivity index (χ4n) is 3.71. The molecule has 0 amide bonds. The molecule has 2 aromatic heterocycles. The number of rotatable bonds is 9. The summed E-state index contributed by atoms with van der Waals surface area (Å²) < 4.78 is 46.2. The summed E-state index contributed by atoms with van der Waals surface area (Å²) in [5.41, 5.74) is 3.23. The van der Waals surface area contributed by atoms with Gasteiger partial charge in [-0.25, -0.2) is 17.8 Å². The number of nitrogens with zero attached hydrogens (tertiary/aromatic N) is 2. The number of fused-ring (bicyclic) bond motifs is 1. The highest BCUT2D eigenvalue weighted by Gasteiger charge is 2.15. The fraction of sp³-hybridized carbons (Fsp3) is 0.111. The zero-order chi connectivity index (χ0) is 26.7. The van der Waals surface area contributed by atoms with Gasteiger partial charge in [0.15, 0.2) is 5.82 Å². The van der Waals surface area contributed by atoms with Crippen LogP contribution in [0.25, 0.3) is 22.2 Å². The van der Waals surface area contributed by atoms with Crippen LogP contribution >= 0.6 is 11.6 Å². The predicted octanol–water partition coefficient (Wildman–Crippen LogP) is 6.50. The van der Waals surface area contributed by atoms with Gasteiger partial charge in [0.2, 0.25) is 10.0 Å². The Morgan fingerprint density at radius 3 is 2.58 bits per heavy atom. The molecule has 3 N–H and O–H groups in total. The highest BCUT2D eigenvalue weighted by molar-refractivity contribution is 7.92. The Morgan fingerprint density at radius 2 is 1.79 bits per heavy atom. The molecule has 0 bridgehead atoms. The van der Waals surface area contributed by atoms with Gasteiger partial charge in [-0.05, 0) is 67.1 Å². The van der Waals surface area contributed by atoms with Crippen LogP contribution in [-0.2, 0) is 16.6 Å². The fourth-order valence-corrected chi connectivity index (χ4v) is 4.53. The van der Waals surface area contributed by atoms with Crippen LogP contribution in [0.4, 0.5) is 21.7 Å². The van der Waals surface area contributed by atoms with Crippen molar-refractivity contribution in [3.8, 4) is 17.0 Å². The molecule has 2 heterocycles. The first-order chi connectivity index (χ1) is 18.3. The summed E-state index contributed by atoms with van der Waals surface area (Å²) in [5.74, 6) is 1.05. The molecule has 0 fully saturated rings. The van der Waals surface area contributed by atoms with Gasteiger partial charge in [0.25, 0.3) is 0 Å². The molecular formula is C27H23ClFN5O3S. The minimum atomic E-state index is -3.53. The number of ether oxygens (including phenoxy) is 1. The number of halogens is 2. The number of nitrogens with one attached hydrogen (secondary N) is 3. The molecule has 0 unspecified atom stereocenters. The van der Waals surface area contributed by atoms with Gasteiger partial charge >= 0.3 is 0 Å². The normalized spacial score (nSPS) is 11.4. The minimum absolute atomic E-state index is 0.0857. The van der Waals surface area contributed by atoms with Gasteiger partial charge in [0.05, 0.1) is 22.7 Å². The average Bonchev–Trinajstić information content (AvgIpc) is 3.37. The minimum Gasteiger partial charge on any atom is -0.487 e. The van der Waals surface area contributed by atoms with Crippen LogP contribution in [0.2, 0.25) is 5.02 Å². The second kappa shape index (κ2) is 10.7. The maximum Gasteiger partial charge on any atom is 0.232 e. The van der Waals surface area contributed by atoms with Crippen molar-refractivity contribution in [3.63, 3.8) is 0 Å². The molecule has 0 aliphatic heterocycles. The second-order valence-corrected chi connectivity index (χ2v) is 10.9. The van der Waals surface area contributed by atoms with E-state index in [1.165, 1.54) is 12.1 Å². The Kier molecular flexibility index (Phi) is 7.17. The summed E-state index contributed by atoms with van der Waals surface area (Å²) in [6.45, 7) is 1.67. The van der Waals surface area contributed by atoms with Gasteiger partial charge in [-0.2, -0.15) is 5.10 Å². The molecule has 0 saturated carbocycles. The Morgan fingerprint density at radius 1 is 0.974 bits per heavy atom.